The summed E-state index contributed by atoms with van der Waals surface area (Å²) in [5.41, 5.74) is 0.528. The van der Waals surface area contributed by atoms with Gasteiger partial charge in [0, 0.05) is 18.1 Å². The second-order valence-corrected chi connectivity index (χ2v) is 3.35. The second-order valence-electron chi connectivity index (χ2n) is 3.35. The van der Waals surface area contributed by atoms with Crippen molar-refractivity contribution in [1.82, 2.24) is 0 Å². The van der Waals surface area contributed by atoms with Crippen molar-refractivity contribution in [2.75, 3.05) is 0 Å². The Balaban J connectivity index is 2.87. The molecule has 0 saturated heterocycles. The molecule has 0 unspecified atom stereocenters. The van der Waals surface area contributed by atoms with Crippen LogP contribution >= 0.6 is 0 Å². The summed E-state index contributed by atoms with van der Waals surface area (Å²) in [4.78, 5) is 10.2. The van der Waals surface area contributed by atoms with Gasteiger partial charge in [0.2, 0.25) is 0 Å². The van der Waals surface area contributed by atoms with Crippen LogP contribution in [0.4, 0.5) is 8.78 Å². The number of halogens is 2. The summed E-state index contributed by atoms with van der Waals surface area (Å²) in [7, 11) is 0. The van der Waals surface area contributed by atoms with E-state index in [-0.39, 0.29) is 12.0 Å². The molecule has 0 bridgehead atoms. The van der Waals surface area contributed by atoms with Crippen molar-refractivity contribution in [3.05, 3.63) is 41.5 Å². The van der Waals surface area contributed by atoms with Crippen LogP contribution in [-0.2, 0) is 10.7 Å². The summed E-state index contributed by atoms with van der Waals surface area (Å²) in [5.74, 6) is -3.89. The van der Waals surface area contributed by atoms with Gasteiger partial charge in [-0.05, 0) is 11.6 Å². The van der Waals surface area contributed by atoms with Gasteiger partial charge < -0.3 is 5.11 Å². The Morgan fingerprint density at radius 2 is 1.94 bits per heavy atom. The zero-order valence-corrected chi connectivity index (χ0v) is 8.78. The van der Waals surface area contributed by atoms with Gasteiger partial charge in [0.1, 0.15) is 0 Å². The first-order valence-corrected chi connectivity index (χ1v) is 4.85. The molecule has 0 aliphatic heterocycles. The molecule has 0 aliphatic carbocycles. The normalized spacial score (nSPS) is 11.9. The van der Waals surface area contributed by atoms with Crippen molar-refractivity contribution in [3.8, 4) is 0 Å². The fourth-order valence-electron chi connectivity index (χ4n) is 1.21. The van der Waals surface area contributed by atoms with Crippen molar-refractivity contribution < 1.29 is 18.7 Å². The third kappa shape index (κ3) is 3.15. The molecule has 0 aromatic heterocycles. The summed E-state index contributed by atoms with van der Waals surface area (Å²) in [6.07, 6.45) is 2.07. The largest absolute Gasteiger partial charge is 0.478 e. The van der Waals surface area contributed by atoms with Crippen LogP contribution in [0.5, 0.6) is 0 Å². The number of alkyl halides is 2. The van der Waals surface area contributed by atoms with Gasteiger partial charge in [-0.3, -0.25) is 0 Å². The molecular weight excluding hydrogens is 214 g/mol. The molecule has 2 nitrogen and oxygen atoms in total. The lowest BCUT2D eigenvalue weighted by Gasteiger charge is -2.13. The van der Waals surface area contributed by atoms with E-state index in [1.807, 2.05) is 0 Å². The summed E-state index contributed by atoms with van der Waals surface area (Å²) >= 11 is 0. The van der Waals surface area contributed by atoms with Gasteiger partial charge in [-0.15, -0.1) is 0 Å². The van der Waals surface area contributed by atoms with Gasteiger partial charge in [0.15, 0.2) is 0 Å². The topological polar surface area (TPSA) is 37.3 Å². The number of benzene rings is 1. The average molecular weight is 226 g/mol. The quantitative estimate of drug-likeness (QED) is 0.800. The first-order chi connectivity index (χ1) is 7.45. The van der Waals surface area contributed by atoms with E-state index in [0.717, 1.165) is 6.08 Å². The third-order valence-corrected chi connectivity index (χ3v) is 2.20. The lowest BCUT2D eigenvalue weighted by Crippen LogP contribution is -2.10. The SMILES string of the molecule is CCC(F)(F)c1ccc(/C=C/C(=O)O)cc1. The highest BCUT2D eigenvalue weighted by Crippen LogP contribution is 2.31. The predicted octanol–water partition coefficient (Wildman–Crippen LogP) is 3.29. The van der Waals surface area contributed by atoms with Crippen molar-refractivity contribution in [1.29, 1.82) is 0 Å². The smallest absolute Gasteiger partial charge is 0.328 e. The first kappa shape index (κ1) is 12.4. The molecule has 0 spiro atoms. The molecule has 86 valence electrons. The number of carboxylic acid groups (broad SMARTS) is 1. The van der Waals surface area contributed by atoms with E-state index in [4.69, 9.17) is 5.11 Å². The number of rotatable bonds is 4. The summed E-state index contributed by atoms with van der Waals surface area (Å²) in [6.45, 7) is 1.41. The molecule has 0 heterocycles. The Bertz CT molecular complexity index is 394. The standard InChI is InChI=1S/C12H12F2O2/c1-2-12(13,14)10-6-3-9(4-7-10)5-8-11(15)16/h3-8H,2H2,1H3,(H,15,16)/b8-5+. The minimum absolute atomic E-state index is 0.0533. The lowest BCUT2D eigenvalue weighted by molar-refractivity contribution is -0.131. The van der Waals surface area contributed by atoms with E-state index in [2.05, 4.69) is 0 Å². The molecule has 0 fully saturated rings. The Kier molecular flexibility index (Phi) is 3.77. The van der Waals surface area contributed by atoms with E-state index < -0.39 is 11.9 Å². The van der Waals surface area contributed by atoms with Crippen LogP contribution in [-0.4, -0.2) is 11.1 Å². The van der Waals surface area contributed by atoms with Gasteiger partial charge in [0.05, 0.1) is 0 Å². The second kappa shape index (κ2) is 4.88. The molecule has 0 radical (unpaired) electrons. The van der Waals surface area contributed by atoms with E-state index >= 15 is 0 Å². The van der Waals surface area contributed by atoms with E-state index in [0.29, 0.717) is 5.56 Å². The summed E-state index contributed by atoms with van der Waals surface area (Å²) in [6, 6.07) is 5.56. The van der Waals surface area contributed by atoms with E-state index in [1.54, 1.807) is 0 Å². The molecule has 16 heavy (non-hydrogen) atoms. The zero-order valence-electron chi connectivity index (χ0n) is 8.78. The predicted molar refractivity (Wildman–Crippen MR) is 57.3 cm³/mol. The van der Waals surface area contributed by atoms with Crippen molar-refractivity contribution in [3.63, 3.8) is 0 Å². The zero-order chi connectivity index (χ0) is 12.2. The number of hydrogen-bond donors (Lipinski definition) is 1. The minimum Gasteiger partial charge on any atom is -0.478 e. The average Bonchev–Trinajstić information content (AvgIpc) is 2.27. The van der Waals surface area contributed by atoms with E-state index in [1.165, 1.54) is 37.3 Å². The van der Waals surface area contributed by atoms with Gasteiger partial charge in [-0.1, -0.05) is 31.2 Å². The summed E-state index contributed by atoms with van der Waals surface area (Å²) < 4.78 is 26.4. The Morgan fingerprint density at radius 3 is 2.38 bits per heavy atom. The van der Waals surface area contributed by atoms with Crippen LogP contribution in [0.2, 0.25) is 0 Å². The minimum atomic E-state index is -2.82. The van der Waals surface area contributed by atoms with Crippen LogP contribution in [0, 0.1) is 0 Å². The molecule has 0 aliphatic rings. The van der Waals surface area contributed by atoms with Gasteiger partial charge >= 0.3 is 5.97 Å². The maximum atomic E-state index is 13.2. The molecule has 1 aromatic rings. The number of carbonyl (C=O) groups is 1. The fourth-order valence-corrected chi connectivity index (χ4v) is 1.21. The molecule has 0 saturated carbocycles. The van der Waals surface area contributed by atoms with Crippen LogP contribution in [0.25, 0.3) is 6.08 Å². The highest BCUT2D eigenvalue weighted by Gasteiger charge is 2.28. The molecule has 4 heteroatoms. The highest BCUT2D eigenvalue weighted by molar-refractivity contribution is 5.85. The lowest BCUT2D eigenvalue weighted by atomic mass is 10.0. The Morgan fingerprint density at radius 1 is 1.38 bits per heavy atom. The van der Waals surface area contributed by atoms with E-state index in [9.17, 15) is 13.6 Å². The highest BCUT2D eigenvalue weighted by atomic mass is 19.3. The van der Waals surface area contributed by atoms with Crippen LogP contribution < -0.4 is 0 Å². The van der Waals surface area contributed by atoms with Gasteiger partial charge in [0.25, 0.3) is 5.92 Å². The van der Waals surface area contributed by atoms with Crippen LogP contribution in [0.3, 0.4) is 0 Å². The molecule has 1 aromatic carbocycles. The monoisotopic (exact) mass is 226 g/mol. The van der Waals surface area contributed by atoms with Crippen molar-refractivity contribution in [2.45, 2.75) is 19.3 Å². The Hall–Kier alpha value is -1.71. The van der Waals surface area contributed by atoms with Gasteiger partial charge in [-0.25, -0.2) is 13.6 Å². The molecule has 0 atom stereocenters. The van der Waals surface area contributed by atoms with Crippen molar-refractivity contribution >= 4 is 12.0 Å². The maximum Gasteiger partial charge on any atom is 0.328 e. The number of carboxylic acids is 1. The fraction of sp³-hybridized carbons (Fsp3) is 0.250. The van der Waals surface area contributed by atoms with Crippen LogP contribution in [0.1, 0.15) is 24.5 Å². The van der Waals surface area contributed by atoms with Gasteiger partial charge in [-0.2, -0.15) is 0 Å². The molecule has 1 N–H and O–H groups in total. The number of aliphatic carboxylic acids is 1. The number of hydrogen-bond acceptors (Lipinski definition) is 1. The van der Waals surface area contributed by atoms with Crippen LogP contribution in [0.15, 0.2) is 30.3 Å². The maximum absolute atomic E-state index is 13.2. The molecule has 1 rings (SSSR count). The third-order valence-electron chi connectivity index (χ3n) is 2.20. The first-order valence-electron chi connectivity index (χ1n) is 4.85. The molecular formula is C12H12F2O2. The molecule has 0 amide bonds. The van der Waals surface area contributed by atoms with Crippen molar-refractivity contribution in [2.24, 2.45) is 0 Å². The Labute approximate surface area is 92.2 Å². The summed E-state index contributed by atoms with van der Waals surface area (Å²) in [5, 5.41) is 8.39.